The SMILES string of the molecule is COCCCN(CCOC)c1cc([C@@H](C)O)ccn1. The summed E-state index contributed by atoms with van der Waals surface area (Å²) < 4.78 is 10.2. The van der Waals surface area contributed by atoms with E-state index in [-0.39, 0.29) is 0 Å². The van der Waals surface area contributed by atoms with Crippen molar-refractivity contribution in [1.82, 2.24) is 4.98 Å². The lowest BCUT2D eigenvalue weighted by molar-refractivity contribution is 0.190. The molecule has 5 nitrogen and oxygen atoms in total. The second-order valence-corrected chi connectivity index (χ2v) is 4.45. The maximum Gasteiger partial charge on any atom is 0.128 e. The van der Waals surface area contributed by atoms with Crippen LogP contribution in [0.15, 0.2) is 18.3 Å². The molecule has 0 radical (unpaired) electrons. The van der Waals surface area contributed by atoms with Gasteiger partial charge in [0.2, 0.25) is 0 Å². The quantitative estimate of drug-likeness (QED) is 0.690. The Morgan fingerprint density at radius 3 is 2.63 bits per heavy atom. The minimum Gasteiger partial charge on any atom is -0.389 e. The van der Waals surface area contributed by atoms with Gasteiger partial charge >= 0.3 is 0 Å². The van der Waals surface area contributed by atoms with Crippen LogP contribution in [-0.2, 0) is 9.47 Å². The topological polar surface area (TPSA) is 54.8 Å². The maximum absolute atomic E-state index is 9.63. The highest BCUT2D eigenvalue weighted by Gasteiger charge is 2.10. The third kappa shape index (κ3) is 5.55. The third-order valence-electron chi connectivity index (χ3n) is 2.92. The molecule has 1 aromatic rings. The number of aromatic nitrogens is 1. The monoisotopic (exact) mass is 268 g/mol. The average molecular weight is 268 g/mol. The number of nitrogens with zero attached hydrogens (tertiary/aromatic N) is 2. The number of hydrogen-bond donors (Lipinski definition) is 1. The Bertz CT molecular complexity index is 358. The van der Waals surface area contributed by atoms with Crippen LogP contribution in [0.3, 0.4) is 0 Å². The number of methoxy groups -OCH3 is 2. The summed E-state index contributed by atoms with van der Waals surface area (Å²) in [6.45, 7) is 4.75. The molecule has 0 fully saturated rings. The van der Waals surface area contributed by atoms with Crippen LogP contribution in [0.1, 0.15) is 25.0 Å². The summed E-state index contributed by atoms with van der Waals surface area (Å²) >= 11 is 0. The Morgan fingerprint density at radius 2 is 2.00 bits per heavy atom. The number of rotatable bonds is 9. The first-order valence-corrected chi connectivity index (χ1v) is 6.56. The Balaban J connectivity index is 2.74. The minimum absolute atomic E-state index is 0.481. The molecule has 0 saturated carbocycles. The van der Waals surface area contributed by atoms with Crippen molar-refractivity contribution in [2.75, 3.05) is 45.4 Å². The van der Waals surface area contributed by atoms with Crippen LogP contribution in [0.4, 0.5) is 5.82 Å². The van der Waals surface area contributed by atoms with Crippen LogP contribution in [0.2, 0.25) is 0 Å². The van der Waals surface area contributed by atoms with Crippen LogP contribution in [0.5, 0.6) is 0 Å². The fourth-order valence-electron chi connectivity index (χ4n) is 1.81. The smallest absolute Gasteiger partial charge is 0.128 e. The van der Waals surface area contributed by atoms with Crippen molar-refractivity contribution in [3.8, 4) is 0 Å². The summed E-state index contributed by atoms with van der Waals surface area (Å²) in [6, 6.07) is 3.75. The molecule has 0 aromatic carbocycles. The van der Waals surface area contributed by atoms with E-state index in [1.807, 2.05) is 12.1 Å². The Labute approximate surface area is 115 Å². The first kappa shape index (κ1) is 15.9. The number of aliphatic hydroxyl groups excluding tert-OH is 1. The number of anilines is 1. The van der Waals surface area contributed by atoms with Gasteiger partial charge in [-0.1, -0.05) is 0 Å². The third-order valence-corrected chi connectivity index (χ3v) is 2.92. The highest BCUT2D eigenvalue weighted by atomic mass is 16.5. The minimum atomic E-state index is -0.481. The summed E-state index contributed by atoms with van der Waals surface area (Å²) in [5.74, 6) is 0.867. The number of hydrogen-bond acceptors (Lipinski definition) is 5. The van der Waals surface area contributed by atoms with Crippen molar-refractivity contribution in [1.29, 1.82) is 0 Å². The van der Waals surface area contributed by atoms with E-state index < -0.39 is 6.10 Å². The molecular formula is C14H24N2O3. The van der Waals surface area contributed by atoms with E-state index in [4.69, 9.17) is 9.47 Å². The van der Waals surface area contributed by atoms with E-state index in [0.29, 0.717) is 6.61 Å². The molecule has 1 atom stereocenters. The molecule has 1 rings (SSSR count). The molecule has 1 aromatic heterocycles. The lowest BCUT2D eigenvalue weighted by Gasteiger charge is -2.24. The van der Waals surface area contributed by atoms with Gasteiger partial charge in [0.25, 0.3) is 0 Å². The molecule has 0 unspecified atom stereocenters. The predicted molar refractivity (Wildman–Crippen MR) is 75.5 cm³/mol. The van der Waals surface area contributed by atoms with Crippen LogP contribution in [-0.4, -0.2) is 50.6 Å². The molecule has 1 heterocycles. The molecule has 0 amide bonds. The number of aliphatic hydroxyl groups is 1. The molecule has 5 heteroatoms. The molecular weight excluding hydrogens is 244 g/mol. The van der Waals surface area contributed by atoms with Crippen LogP contribution in [0, 0.1) is 0 Å². The van der Waals surface area contributed by atoms with Crippen molar-refractivity contribution in [3.05, 3.63) is 23.9 Å². The molecule has 19 heavy (non-hydrogen) atoms. The highest BCUT2D eigenvalue weighted by molar-refractivity contribution is 5.41. The number of ether oxygens (including phenoxy) is 2. The van der Waals surface area contributed by atoms with Gasteiger partial charge in [-0.2, -0.15) is 0 Å². The van der Waals surface area contributed by atoms with Gasteiger partial charge in [-0.15, -0.1) is 0 Å². The van der Waals surface area contributed by atoms with Crippen LogP contribution >= 0.6 is 0 Å². The van der Waals surface area contributed by atoms with E-state index >= 15 is 0 Å². The van der Waals surface area contributed by atoms with Crippen LogP contribution < -0.4 is 4.90 Å². The van der Waals surface area contributed by atoms with E-state index in [9.17, 15) is 5.11 Å². The summed E-state index contributed by atoms with van der Waals surface area (Å²) in [6.07, 6.45) is 2.18. The predicted octanol–water partition coefficient (Wildman–Crippen LogP) is 1.62. The molecule has 0 bridgehead atoms. The van der Waals surface area contributed by atoms with Gasteiger partial charge < -0.3 is 19.5 Å². The second-order valence-electron chi connectivity index (χ2n) is 4.45. The summed E-state index contributed by atoms with van der Waals surface area (Å²) in [5.41, 5.74) is 0.874. The van der Waals surface area contributed by atoms with E-state index in [0.717, 1.165) is 37.5 Å². The van der Waals surface area contributed by atoms with Gasteiger partial charge in [-0.05, 0) is 31.0 Å². The van der Waals surface area contributed by atoms with Gasteiger partial charge in [0.1, 0.15) is 5.82 Å². The zero-order chi connectivity index (χ0) is 14.1. The van der Waals surface area contributed by atoms with Crippen LogP contribution in [0.25, 0.3) is 0 Å². The lowest BCUT2D eigenvalue weighted by atomic mass is 10.1. The fraction of sp³-hybridized carbons (Fsp3) is 0.643. The normalized spacial score (nSPS) is 12.4. The van der Waals surface area contributed by atoms with E-state index in [2.05, 4.69) is 9.88 Å². The molecule has 0 spiro atoms. The van der Waals surface area contributed by atoms with Gasteiger partial charge in [-0.3, -0.25) is 0 Å². The van der Waals surface area contributed by atoms with Gasteiger partial charge in [-0.25, -0.2) is 4.98 Å². The summed E-state index contributed by atoms with van der Waals surface area (Å²) in [7, 11) is 3.39. The first-order valence-electron chi connectivity index (χ1n) is 6.56. The van der Waals surface area contributed by atoms with Crippen molar-refractivity contribution < 1.29 is 14.6 Å². The molecule has 1 N–H and O–H groups in total. The first-order chi connectivity index (χ1) is 9.19. The fourth-order valence-corrected chi connectivity index (χ4v) is 1.81. The molecule has 0 aliphatic rings. The highest BCUT2D eigenvalue weighted by Crippen LogP contribution is 2.18. The average Bonchev–Trinajstić information content (AvgIpc) is 2.43. The van der Waals surface area contributed by atoms with Crippen molar-refractivity contribution in [2.24, 2.45) is 0 Å². The van der Waals surface area contributed by atoms with Crippen molar-refractivity contribution in [3.63, 3.8) is 0 Å². The van der Waals surface area contributed by atoms with Gasteiger partial charge in [0, 0.05) is 40.1 Å². The van der Waals surface area contributed by atoms with Crippen molar-refractivity contribution in [2.45, 2.75) is 19.4 Å². The molecule has 0 saturated heterocycles. The zero-order valence-corrected chi connectivity index (χ0v) is 12.0. The Kier molecular flexibility index (Phi) is 7.40. The summed E-state index contributed by atoms with van der Waals surface area (Å²) in [5, 5.41) is 9.63. The van der Waals surface area contributed by atoms with Gasteiger partial charge in [0.05, 0.1) is 12.7 Å². The second kappa shape index (κ2) is 8.85. The van der Waals surface area contributed by atoms with E-state index in [1.165, 1.54) is 0 Å². The maximum atomic E-state index is 9.63. The number of pyridine rings is 1. The Hall–Kier alpha value is -1.17. The molecule has 0 aliphatic heterocycles. The molecule has 108 valence electrons. The van der Waals surface area contributed by atoms with Gasteiger partial charge in [0.15, 0.2) is 0 Å². The molecule has 0 aliphatic carbocycles. The summed E-state index contributed by atoms with van der Waals surface area (Å²) in [4.78, 5) is 6.52. The largest absolute Gasteiger partial charge is 0.389 e. The standard InChI is InChI=1S/C14H24N2O3/c1-12(17)13-5-6-15-14(11-13)16(8-10-19-3)7-4-9-18-2/h5-6,11-12,17H,4,7-10H2,1-3H3/t12-/m1/s1. The zero-order valence-electron chi connectivity index (χ0n) is 12.0. The van der Waals surface area contributed by atoms with E-state index in [1.54, 1.807) is 27.3 Å². The Morgan fingerprint density at radius 1 is 1.26 bits per heavy atom. The van der Waals surface area contributed by atoms with Crippen molar-refractivity contribution >= 4 is 5.82 Å². The lowest BCUT2D eigenvalue weighted by Crippen LogP contribution is -2.29.